The van der Waals surface area contributed by atoms with E-state index in [1.54, 1.807) is 47.6 Å². The van der Waals surface area contributed by atoms with Crippen LogP contribution in [-0.2, 0) is 30.3 Å². The van der Waals surface area contributed by atoms with E-state index in [-0.39, 0.29) is 12.1 Å². The van der Waals surface area contributed by atoms with Crippen molar-refractivity contribution in [3.8, 4) is 0 Å². The number of Topliss-reactive ketones (excluding diaryl/α,β-unsaturated/α-hetero) is 1. The van der Waals surface area contributed by atoms with Crippen LogP contribution in [0.1, 0.15) is 79.2 Å². The van der Waals surface area contributed by atoms with Crippen molar-refractivity contribution >= 4 is 46.4 Å². The highest BCUT2D eigenvalue weighted by molar-refractivity contribution is 6.19. The maximum atomic E-state index is 15.0. The number of ether oxygens (including phenoxy) is 2. The molecule has 0 spiro atoms. The summed E-state index contributed by atoms with van der Waals surface area (Å²) in [5.41, 5.74) is -4.55. The van der Waals surface area contributed by atoms with Gasteiger partial charge in [0.05, 0.1) is 30.0 Å². The Kier molecular flexibility index (Phi) is 12.0. The van der Waals surface area contributed by atoms with Crippen LogP contribution in [0.25, 0.3) is 10.9 Å². The number of piperidine rings is 1. The lowest BCUT2D eigenvalue weighted by Crippen LogP contribution is -2.66. The maximum Gasteiger partial charge on any atom is 0.411 e. The molecule has 2 aliphatic rings. The number of ketones is 1. The Bertz CT molecular complexity index is 1850. The average Bonchev–Trinajstić information content (AvgIpc) is 3.45. The summed E-state index contributed by atoms with van der Waals surface area (Å²) in [6.45, 7) is 9.81. The number of carbonyl (C=O) groups is 5. The molecule has 14 nitrogen and oxygen atoms in total. The van der Waals surface area contributed by atoms with Crippen molar-refractivity contribution < 1.29 is 38.6 Å². The highest BCUT2D eigenvalue weighted by Crippen LogP contribution is 2.40. The fraction of sp³-hybridized carbons (Fsp3) is 0.500. The molecule has 0 aliphatic carbocycles. The normalized spacial score (nSPS) is 22.2. The van der Waals surface area contributed by atoms with Crippen LogP contribution in [0.3, 0.4) is 0 Å². The molecule has 290 valence electrons. The molecule has 0 radical (unpaired) electrons. The van der Waals surface area contributed by atoms with Crippen LogP contribution in [0.2, 0.25) is 0 Å². The van der Waals surface area contributed by atoms with Gasteiger partial charge < -0.3 is 30.5 Å². The van der Waals surface area contributed by atoms with E-state index in [4.69, 9.17) is 9.47 Å². The lowest BCUT2D eigenvalue weighted by molar-refractivity contribution is -0.142. The average molecular weight is 745 g/mol. The van der Waals surface area contributed by atoms with Crippen molar-refractivity contribution in [3.63, 3.8) is 0 Å². The molecule has 0 saturated carbocycles. The first-order valence-corrected chi connectivity index (χ1v) is 18.4. The second kappa shape index (κ2) is 16.1. The van der Waals surface area contributed by atoms with E-state index in [1.807, 2.05) is 54.6 Å². The number of pyridine rings is 1. The van der Waals surface area contributed by atoms with Crippen LogP contribution in [0, 0.1) is 0 Å². The summed E-state index contributed by atoms with van der Waals surface area (Å²) in [5.74, 6) is -2.43. The van der Waals surface area contributed by atoms with Crippen molar-refractivity contribution in [1.29, 1.82) is 0 Å². The molecular weight excluding hydrogens is 692 g/mol. The van der Waals surface area contributed by atoms with Gasteiger partial charge in [-0.25, -0.2) is 9.59 Å². The van der Waals surface area contributed by atoms with Crippen molar-refractivity contribution in [3.05, 3.63) is 72.4 Å². The molecule has 2 saturated heterocycles. The number of rotatable bonds is 10. The first kappa shape index (κ1) is 40.1. The fourth-order valence-corrected chi connectivity index (χ4v) is 6.90. The van der Waals surface area contributed by atoms with Gasteiger partial charge in [0, 0.05) is 11.8 Å². The van der Waals surface area contributed by atoms with Crippen LogP contribution >= 0.6 is 0 Å². The Morgan fingerprint density at radius 3 is 2.30 bits per heavy atom. The van der Waals surface area contributed by atoms with Crippen LogP contribution < -0.4 is 21.3 Å². The Labute approximate surface area is 315 Å². The van der Waals surface area contributed by atoms with Gasteiger partial charge in [0.1, 0.15) is 23.0 Å². The number of nitrogens with zero attached hydrogens (tertiary/aromatic N) is 2. The van der Waals surface area contributed by atoms with Gasteiger partial charge >= 0.3 is 12.2 Å². The zero-order chi connectivity index (χ0) is 39.3. The van der Waals surface area contributed by atoms with Crippen LogP contribution in [-0.4, -0.2) is 92.4 Å². The first-order chi connectivity index (χ1) is 25.4. The monoisotopic (exact) mass is 744 g/mol. The summed E-state index contributed by atoms with van der Waals surface area (Å²) >= 11 is 0. The smallest absolute Gasteiger partial charge is 0.411 e. The summed E-state index contributed by atoms with van der Waals surface area (Å²) in [6, 6.07) is 17.4. The Morgan fingerprint density at radius 1 is 0.944 bits per heavy atom. The number of hydrogen-bond donors (Lipinski definition) is 5. The molecule has 2 aromatic carbocycles. The van der Waals surface area contributed by atoms with Crippen molar-refractivity contribution in [2.24, 2.45) is 0 Å². The third-order valence-corrected chi connectivity index (χ3v) is 9.27. The van der Waals surface area contributed by atoms with E-state index in [1.165, 1.54) is 6.20 Å². The number of hydrogen-bond acceptors (Lipinski definition) is 10. The van der Waals surface area contributed by atoms with Crippen molar-refractivity contribution in [2.45, 2.75) is 115 Å². The van der Waals surface area contributed by atoms with Crippen molar-refractivity contribution in [1.82, 2.24) is 25.8 Å². The molecule has 2 aliphatic heterocycles. The first-order valence-electron chi connectivity index (χ1n) is 18.4. The molecule has 54 heavy (non-hydrogen) atoms. The Balaban J connectivity index is 1.60. The largest absolute Gasteiger partial charge is 0.444 e. The summed E-state index contributed by atoms with van der Waals surface area (Å²) in [5, 5.41) is 23.3. The number of anilines is 1. The molecule has 4 atom stereocenters. The number of likely N-dealkylation sites (tertiary alicyclic amines) is 1. The van der Waals surface area contributed by atoms with Gasteiger partial charge in [0.25, 0.3) is 11.8 Å². The van der Waals surface area contributed by atoms with Crippen LogP contribution in [0.15, 0.2) is 66.9 Å². The SMILES string of the molecule is CC(C)(C)OC(=O)N[C@@]1(NC(=O)[C@H](O)CCc2ccccc2)CN(C(=O)OC(C)(C)C)[C@@](C(=O)Nc2cnc3ccccc3c2)(C(=O)C2CCCCN2)C1. The molecule has 3 aromatic rings. The molecule has 1 unspecified atom stereocenters. The molecule has 4 amide bonds. The van der Waals surface area contributed by atoms with Gasteiger partial charge in [0.2, 0.25) is 0 Å². The third-order valence-electron chi connectivity index (χ3n) is 9.27. The lowest BCUT2D eigenvalue weighted by Gasteiger charge is -2.39. The third kappa shape index (κ3) is 9.71. The van der Waals surface area contributed by atoms with E-state index < -0.39 is 77.3 Å². The molecule has 1 aromatic heterocycles. The molecule has 0 bridgehead atoms. The number of aromatic nitrogens is 1. The van der Waals surface area contributed by atoms with E-state index >= 15 is 4.79 Å². The second-order valence-corrected chi connectivity index (χ2v) is 16.1. The number of amides is 4. The van der Waals surface area contributed by atoms with E-state index in [0.29, 0.717) is 31.3 Å². The highest BCUT2D eigenvalue weighted by Gasteiger charge is 2.66. The van der Waals surface area contributed by atoms with Crippen molar-refractivity contribution in [2.75, 3.05) is 18.4 Å². The minimum Gasteiger partial charge on any atom is -0.444 e. The standard InChI is InChI=1S/C40H52N6O8/c1-37(2,3)53-35(51)45-39(44-33(49)31(47)20-19-26-14-8-7-9-15-26)24-40(32(48)30-18-12-13-21-41-30,46(25-39)36(52)54-38(4,5)6)34(50)43-28-22-27-16-10-11-17-29(27)42-23-28/h7-11,14-17,22-23,30-31,41,47H,12-13,18-21,24-25H2,1-6H3,(H,43,50)(H,44,49)(H,45,51)/t30?,31-,39-,40-/m1/s1. The van der Waals surface area contributed by atoms with Crippen LogP contribution in [0.4, 0.5) is 15.3 Å². The molecule has 5 N–H and O–H groups in total. The van der Waals surface area contributed by atoms with Gasteiger partial charge in [-0.1, -0.05) is 55.0 Å². The summed E-state index contributed by atoms with van der Waals surface area (Å²) < 4.78 is 11.4. The van der Waals surface area contributed by atoms with Gasteiger partial charge in [-0.3, -0.25) is 29.6 Å². The number of aryl methyl sites for hydroxylation is 1. The zero-order valence-corrected chi connectivity index (χ0v) is 31.9. The topological polar surface area (TPSA) is 188 Å². The quantitative estimate of drug-likeness (QED) is 0.145. The highest BCUT2D eigenvalue weighted by atomic mass is 16.6. The van der Waals surface area contributed by atoms with E-state index in [2.05, 4.69) is 26.3 Å². The summed E-state index contributed by atoms with van der Waals surface area (Å²) in [6.07, 6.45) is -0.458. The maximum absolute atomic E-state index is 15.0. The van der Waals surface area contributed by atoms with E-state index in [9.17, 15) is 24.3 Å². The molecule has 5 rings (SSSR count). The number of aliphatic hydroxyl groups excluding tert-OH is 1. The molecule has 2 fully saturated rings. The number of carbonyl (C=O) groups excluding carboxylic acids is 5. The van der Waals surface area contributed by atoms with Gasteiger partial charge in [-0.2, -0.15) is 0 Å². The summed E-state index contributed by atoms with van der Waals surface area (Å²) in [4.78, 5) is 77.2. The van der Waals surface area contributed by atoms with Gasteiger partial charge in [-0.05, 0) is 91.5 Å². The fourth-order valence-electron chi connectivity index (χ4n) is 6.90. The number of aliphatic hydroxyl groups is 1. The number of para-hydroxylation sites is 1. The minimum absolute atomic E-state index is 0.0274. The van der Waals surface area contributed by atoms with Gasteiger partial charge in [0.15, 0.2) is 11.3 Å². The van der Waals surface area contributed by atoms with Crippen LogP contribution in [0.5, 0.6) is 0 Å². The number of fused-ring (bicyclic) bond motifs is 1. The number of nitrogens with one attached hydrogen (secondary N) is 4. The lowest BCUT2D eigenvalue weighted by atomic mass is 9.81. The molecule has 3 heterocycles. The Morgan fingerprint density at radius 2 is 1.63 bits per heavy atom. The Hall–Kier alpha value is -5.08. The minimum atomic E-state index is -2.35. The molecular formula is C40H52N6O8. The molecule has 14 heteroatoms. The predicted molar refractivity (Wildman–Crippen MR) is 202 cm³/mol. The predicted octanol–water partition coefficient (Wildman–Crippen LogP) is 4.60. The summed E-state index contributed by atoms with van der Waals surface area (Å²) in [7, 11) is 0. The second-order valence-electron chi connectivity index (χ2n) is 16.1. The van der Waals surface area contributed by atoms with E-state index in [0.717, 1.165) is 22.3 Å². The number of benzene rings is 2. The number of alkyl carbamates (subject to hydrolysis) is 1. The zero-order valence-electron chi connectivity index (χ0n) is 31.9. The van der Waals surface area contributed by atoms with Gasteiger partial charge in [-0.15, -0.1) is 0 Å².